The monoisotopic (exact) mass is 371 g/mol. The molecule has 0 amide bonds. The van der Waals surface area contributed by atoms with Crippen LogP contribution in [0.5, 0.6) is 0 Å². The molecule has 0 saturated heterocycles. The molecule has 2 N–H and O–H groups in total. The molecule has 6 heteroatoms. The number of pyridine rings is 2. The Bertz CT molecular complexity index is 850. The second-order valence-corrected chi connectivity index (χ2v) is 5.80. The fourth-order valence-corrected chi connectivity index (χ4v) is 2.54. The molecule has 0 unspecified atom stereocenters. The molecule has 0 bridgehead atoms. The molecule has 0 saturated carbocycles. The molecule has 5 nitrogen and oxygen atoms in total. The summed E-state index contributed by atoms with van der Waals surface area (Å²) in [5.74, 6) is 0. The Labute approximate surface area is 141 Å². The highest BCUT2D eigenvalue weighted by Gasteiger charge is 2.04. The summed E-state index contributed by atoms with van der Waals surface area (Å²) in [6.45, 7) is 0.346. The molecule has 3 rings (SSSR count). The van der Waals surface area contributed by atoms with Crippen molar-refractivity contribution >= 4 is 21.6 Å². The second-order valence-electron chi connectivity index (χ2n) is 4.89. The molecule has 116 valence electrons. The van der Waals surface area contributed by atoms with Gasteiger partial charge in [0.2, 0.25) is 0 Å². The fraction of sp³-hybridized carbons (Fsp3) is 0.0588. The zero-order valence-electron chi connectivity index (χ0n) is 12.1. The van der Waals surface area contributed by atoms with E-state index in [9.17, 15) is 4.79 Å². The van der Waals surface area contributed by atoms with Crippen LogP contribution in [-0.4, -0.2) is 9.97 Å². The van der Waals surface area contributed by atoms with E-state index in [1.54, 1.807) is 24.7 Å². The first-order valence-corrected chi connectivity index (χ1v) is 7.77. The van der Waals surface area contributed by atoms with Gasteiger partial charge < -0.3 is 4.98 Å². The lowest BCUT2D eigenvalue weighted by Gasteiger charge is -2.08. The van der Waals surface area contributed by atoms with Crippen LogP contribution in [0.3, 0.4) is 0 Å². The quantitative estimate of drug-likeness (QED) is 0.670. The smallest absolute Gasteiger partial charge is 0.273 e. The van der Waals surface area contributed by atoms with Crippen molar-refractivity contribution in [3.05, 3.63) is 81.4 Å². The number of rotatable bonds is 5. The van der Waals surface area contributed by atoms with E-state index < -0.39 is 0 Å². The summed E-state index contributed by atoms with van der Waals surface area (Å²) in [4.78, 5) is 24.0. The predicted octanol–water partition coefficient (Wildman–Crippen LogP) is 3.74. The molecule has 0 atom stereocenters. The van der Waals surface area contributed by atoms with Gasteiger partial charge in [-0.15, -0.1) is 0 Å². The zero-order chi connectivity index (χ0) is 16.1. The number of hydrogen-bond donors (Lipinski definition) is 2. The minimum Gasteiger partial charge on any atom is -0.327 e. The van der Waals surface area contributed by atoms with E-state index in [0.29, 0.717) is 12.3 Å². The largest absolute Gasteiger partial charge is 0.327 e. The van der Waals surface area contributed by atoms with Crippen molar-refractivity contribution in [1.29, 1.82) is 0 Å². The summed E-state index contributed by atoms with van der Waals surface area (Å²) in [6, 6.07) is 13.3. The third kappa shape index (κ3) is 4.06. The average Bonchev–Trinajstić information content (AvgIpc) is 2.57. The Kier molecular flexibility index (Phi) is 4.85. The van der Waals surface area contributed by atoms with E-state index in [2.05, 4.69) is 31.4 Å². The van der Waals surface area contributed by atoms with Gasteiger partial charge in [0.15, 0.2) is 0 Å². The summed E-state index contributed by atoms with van der Waals surface area (Å²) >= 11 is 3.41. The zero-order valence-corrected chi connectivity index (χ0v) is 13.7. The summed E-state index contributed by atoms with van der Waals surface area (Å²) in [6.07, 6.45) is 5.08. The highest BCUT2D eigenvalue weighted by molar-refractivity contribution is 9.10. The van der Waals surface area contributed by atoms with Crippen LogP contribution in [0.1, 0.15) is 5.56 Å². The van der Waals surface area contributed by atoms with Crippen molar-refractivity contribution in [3.8, 4) is 11.1 Å². The second kappa shape index (κ2) is 7.21. The Morgan fingerprint density at radius 1 is 1.13 bits per heavy atom. The van der Waals surface area contributed by atoms with Crippen LogP contribution in [0, 0.1) is 0 Å². The molecule has 0 spiro atoms. The van der Waals surface area contributed by atoms with E-state index in [4.69, 9.17) is 4.84 Å². The third-order valence-corrected chi connectivity index (χ3v) is 3.72. The van der Waals surface area contributed by atoms with E-state index in [0.717, 1.165) is 21.2 Å². The number of nitrogens with zero attached hydrogens (tertiary/aromatic N) is 1. The number of nitrogens with one attached hydrogen (secondary N) is 2. The van der Waals surface area contributed by atoms with Gasteiger partial charge in [0, 0.05) is 28.6 Å². The first-order valence-electron chi connectivity index (χ1n) is 6.98. The van der Waals surface area contributed by atoms with Gasteiger partial charge in [-0.05, 0) is 41.5 Å². The SMILES string of the molecule is O=c1[nH]cc(-c2ccncc2)cc1NOCc1cccc(Br)c1. The number of aromatic amines is 1. The fourth-order valence-electron chi connectivity index (χ4n) is 2.09. The summed E-state index contributed by atoms with van der Waals surface area (Å²) in [5.41, 5.74) is 5.67. The molecule has 3 aromatic rings. The minimum atomic E-state index is -0.239. The highest BCUT2D eigenvalue weighted by Crippen LogP contribution is 2.19. The van der Waals surface area contributed by atoms with Crippen molar-refractivity contribution in [2.24, 2.45) is 0 Å². The maximum atomic E-state index is 11.9. The van der Waals surface area contributed by atoms with Crippen LogP contribution in [0.25, 0.3) is 11.1 Å². The Balaban J connectivity index is 1.71. The number of aromatic nitrogens is 2. The molecular formula is C17H14BrN3O2. The normalized spacial score (nSPS) is 10.5. The van der Waals surface area contributed by atoms with Crippen molar-refractivity contribution in [2.45, 2.75) is 6.61 Å². The molecule has 0 radical (unpaired) electrons. The van der Waals surface area contributed by atoms with Crippen LogP contribution in [0.2, 0.25) is 0 Å². The van der Waals surface area contributed by atoms with Crippen LogP contribution in [0.15, 0.2) is 70.3 Å². The van der Waals surface area contributed by atoms with Crippen molar-refractivity contribution in [2.75, 3.05) is 5.48 Å². The maximum absolute atomic E-state index is 11.9. The van der Waals surface area contributed by atoms with E-state index in [1.165, 1.54) is 0 Å². The third-order valence-electron chi connectivity index (χ3n) is 3.23. The van der Waals surface area contributed by atoms with Gasteiger partial charge in [0.05, 0.1) is 6.61 Å². The van der Waals surface area contributed by atoms with Crippen molar-refractivity contribution < 1.29 is 4.84 Å². The van der Waals surface area contributed by atoms with Gasteiger partial charge in [0.1, 0.15) is 5.69 Å². The summed E-state index contributed by atoms with van der Waals surface area (Å²) < 4.78 is 0.983. The number of halogens is 1. The first kappa shape index (κ1) is 15.5. The summed E-state index contributed by atoms with van der Waals surface area (Å²) in [7, 11) is 0. The first-order chi connectivity index (χ1) is 11.2. The predicted molar refractivity (Wildman–Crippen MR) is 92.8 cm³/mol. The van der Waals surface area contributed by atoms with Crippen LogP contribution in [0.4, 0.5) is 5.69 Å². The highest BCUT2D eigenvalue weighted by atomic mass is 79.9. The molecule has 0 fully saturated rings. The molecule has 1 aromatic carbocycles. The molecule has 0 aliphatic carbocycles. The van der Waals surface area contributed by atoms with E-state index in [-0.39, 0.29) is 5.56 Å². The van der Waals surface area contributed by atoms with Gasteiger partial charge in [-0.1, -0.05) is 28.1 Å². The lowest BCUT2D eigenvalue weighted by atomic mass is 10.1. The summed E-state index contributed by atoms with van der Waals surface area (Å²) in [5, 5.41) is 0. The lowest BCUT2D eigenvalue weighted by molar-refractivity contribution is 0.180. The van der Waals surface area contributed by atoms with E-state index >= 15 is 0 Å². The maximum Gasteiger partial charge on any atom is 0.273 e. The topological polar surface area (TPSA) is 67.0 Å². The lowest BCUT2D eigenvalue weighted by Crippen LogP contribution is -2.14. The van der Waals surface area contributed by atoms with Crippen molar-refractivity contribution in [3.63, 3.8) is 0 Å². The van der Waals surface area contributed by atoms with Gasteiger partial charge in [-0.3, -0.25) is 20.1 Å². The Morgan fingerprint density at radius 3 is 2.74 bits per heavy atom. The molecule has 0 aliphatic heterocycles. The van der Waals surface area contributed by atoms with Gasteiger partial charge in [-0.2, -0.15) is 0 Å². The molecule has 2 heterocycles. The Hall–Kier alpha value is -2.44. The molecule has 23 heavy (non-hydrogen) atoms. The van der Waals surface area contributed by atoms with Crippen LogP contribution >= 0.6 is 15.9 Å². The van der Waals surface area contributed by atoms with Gasteiger partial charge in [0.25, 0.3) is 5.56 Å². The Morgan fingerprint density at radius 2 is 1.96 bits per heavy atom. The molecular weight excluding hydrogens is 358 g/mol. The molecule has 2 aromatic heterocycles. The average molecular weight is 372 g/mol. The van der Waals surface area contributed by atoms with Crippen LogP contribution in [-0.2, 0) is 11.4 Å². The number of H-pyrrole nitrogens is 1. The van der Waals surface area contributed by atoms with E-state index in [1.807, 2.05) is 36.4 Å². The van der Waals surface area contributed by atoms with Gasteiger partial charge >= 0.3 is 0 Å². The standard InChI is InChI=1S/C17H14BrN3O2/c18-15-3-1-2-12(8-15)11-23-21-16-9-14(10-20-17(16)22)13-4-6-19-7-5-13/h1-10,21H,11H2,(H,20,22). The number of benzene rings is 1. The number of anilines is 1. The number of hydrogen-bond acceptors (Lipinski definition) is 4. The minimum absolute atomic E-state index is 0.239. The molecule has 0 aliphatic rings. The van der Waals surface area contributed by atoms with Crippen LogP contribution < -0.4 is 11.0 Å². The van der Waals surface area contributed by atoms with Crippen molar-refractivity contribution in [1.82, 2.24) is 9.97 Å². The van der Waals surface area contributed by atoms with Gasteiger partial charge in [-0.25, -0.2) is 0 Å².